The second-order valence-corrected chi connectivity index (χ2v) is 5.59. The van der Waals surface area contributed by atoms with Crippen molar-refractivity contribution in [3.63, 3.8) is 0 Å². The molecule has 0 aliphatic carbocycles. The first-order valence-corrected chi connectivity index (χ1v) is 7.97. The van der Waals surface area contributed by atoms with Crippen LogP contribution in [0.3, 0.4) is 0 Å². The van der Waals surface area contributed by atoms with E-state index in [0.717, 1.165) is 18.5 Å². The zero-order valence-corrected chi connectivity index (χ0v) is 13.7. The Hall–Kier alpha value is -2.49. The standard InChI is InChI=1S/C19H24N2O2/c1-3-23-19(22)16-11-12-18(17(20)13-16)21-14(2)9-10-15-7-5-4-6-8-15/h4-8,11-14,21H,3,9-10,20H2,1-2H3/t14-/m0/s1. The third-order valence-corrected chi connectivity index (χ3v) is 3.67. The van der Waals surface area contributed by atoms with Gasteiger partial charge < -0.3 is 15.8 Å². The zero-order chi connectivity index (χ0) is 16.7. The number of nitrogen functional groups attached to an aromatic ring is 1. The van der Waals surface area contributed by atoms with Crippen LogP contribution < -0.4 is 11.1 Å². The molecule has 0 aromatic heterocycles. The Morgan fingerprint density at radius 1 is 1.22 bits per heavy atom. The number of benzene rings is 2. The number of nitrogens with two attached hydrogens (primary N) is 1. The van der Waals surface area contributed by atoms with Crippen molar-refractivity contribution in [2.45, 2.75) is 32.7 Å². The predicted molar refractivity (Wildman–Crippen MR) is 94.7 cm³/mol. The van der Waals surface area contributed by atoms with Crippen molar-refractivity contribution in [1.29, 1.82) is 0 Å². The number of aryl methyl sites for hydroxylation is 1. The van der Waals surface area contributed by atoms with Crippen LogP contribution in [0.5, 0.6) is 0 Å². The fourth-order valence-corrected chi connectivity index (χ4v) is 2.40. The van der Waals surface area contributed by atoms with Crippen LogP contribution in [0.2, 0.25) is 0 Å². The van der Waals surface area contributed by atoms with Gasteiger partial charge in [0.25, 0.3) is 0 Å². The van der Waals surface area contributed by atoms with Gasteiger partial charge in [-0.3, -0.25) is 0 Å². The molecule has 0 aliphatic rings. The van der Waals surface area contributed by atoms with Crippen LogP contribution in [0.15, 0.2) is 48.5 Å². The Kier molecular flexibility index (Phi) is 6.03. The molecule has 0 amide bonds. The summed E-state index contributed by atoms with van der Waals surface area (Å²) in [6.07, 6.45) is 2.01. The number of ether oxygens (including phenoxy) is 1. The number of rotatable bonds is 7. The highest BCUT2D eigenvalue weighted by atomic mass is 16.5. The van der Waals surface area contributed by atoms with E-state index in [-0.39, 0.29) is 12.0 Å². The fourth-order valence-electron chi connectivity index (χ4n) is 2.40. The Bertz CT molecular complexity index is 641. The zero-order valence-electron chi connectivity index (χ0n) is 13.7. The minimum Gasteiger partial charge on any atom is -0.462 e. The molecular formula is C19H24N2O2. The monoisotopic (exact) mass is 312 g/mol. The van der Waals surface area contributed by atoms with Gasteiger partial charge in [0, 0.05) is 6.04 Å². The van der Waals surface area contributed by atoms with E-state index in [0.29, 0.717) is 17.9 Å². The Labute approximate surface area is 137 Å². The molecule has 3 N–H and O–H groups in total. The molecule has 4 nitrogen and oxygen atoms in total. The predicted octanol–water partition coefficient (Wildman–Crippen LogP) is 3.88. The molecule has 2 aromatic carbocycles. The third-order valence-electron chi connectivity index (χ3n) is 3.67. The van der Waals surface area contributed by atoms with Gasteiger partial charge in [-0.05, 0) is 50.5 Å². The summed E-state index contributed by atoms with van der Waals surface area (Å²) in [5.41, 5.74) is 9.25. The number of carbonyl (C=O) groups excluding carboxylic acids is 1. The number of esters is 1. The molecule has 0 unspecified atom stereocenters. The van der Waals surface area contributed by atoms with Crippen LogP contribution >= 0.6 is 0 Å². The Morgan fingerprint density at radius 3 is 2.61 bits per heavy atom. The van der Waals surface area contributed by atoms with Gasteiger partial charge in [0.05, 0.1) is 23.5 Å². The SMILES string of the molecule is CCOC(=O)c1ccc(N[C@@H](C)CCc2ccccc2)c(N)c1. The Balaban J connectivity index is 1.93. The fraction of sp³-hybridized carbons (Fsp3) is 0.316. The number of hydrogen-bond donors (Lipinski definition) is 2. The highest BCUT2D eigenvalue weighted by Crippen LogP contribution is 2.22. The highest BCUT2D eigenvalue weighted by Gasteiger charge is 2.10. The van der Waals surface area contributed by atoms with Crippen LogP contribution in [0, 0.1) is 0 Å². The van der Waals surface area contributed by atoms with E-state index in [1.54, 1.807) is 19.1 Å². The lowest BCUT2D eigenvalue weighted by Gasteiger charge is -2.17. The molecular weight excluding hydrogens is 288 g/mol. The van der Waals surface area contributed by atoms with Crippen LogP contribution in [-0.4, -0.2) is 18.6 Å². The molecule has 0 spiro atoms. The molecule has 0 heterocycles. The molecule has 2 rings (SSSR count). The maximum Gasteiger partial charge on any atom is 0.338 e. The lowest BCUT2D eigenvalue weighted by Crippen LogP contribution is -2.17. The lowest BCUT2D eigenvalue weighted by atomic mass is 10.1. The van der Waals surface area contributed by atoms with E-state index in [2.05, 4.69) is 36.5 Å². The maximum atomic E-state index is 11.7. The number of hydrogen-bond acceptors (Lipinski definition) is 4. The third kappa shape index (κ3) is 5.02. The second kappa shape index (κ2) is 8.22. The van der Waals surface area contributed by atoms with Crippen molar-refractivity contribution in [1.82, 2.24) is 0 Å². The van der Waals surface area contributed by atoms with E-state index in [1.807, 2.05) is 12.1 Å². The van der Waals surface area contributed by atoms with Gasteiger partial charge in [0.2, 0.25) is 0 Å². The molecule has 1 atom stereocenters. The van der Waals surface area contributed by atoms with Crippen molar-refractivity contribution < 1.29 is 9.53 Å². The first-order valence-electron chi connectivity index (χ1n) is 7.97. The summed E-state index contributed by atoms with van der Waals surface area (Å²) in [7, 11) is 0. The summed E-state index contributed by atoms with van der Waals surface area (Å²) in [4.78, 5) is 11.7. The normalized spacial score (nSPS) is 11.7. The largest absolute Gasteiger partial charge is 0.462 e. The molecule has 0 bridgehead atoms. The van der Waals surface area contributed by atoms with E-state index < -0.39 is 0 Å². The topological polar surface area (TPSA) is 64.3 Å². The molecule has 122 valence electrons. The van der Waals surface area contributed by atoms with Crippen molar-refractivity contribution >= 4 is 17.3 Å². The quantitative estimate of drug-likeness (QED) is 0.601. The Morgan fingerprint density at radius 2 is 1.96 bits per heavy atom. The molecule has 0 saturated heterocycles. The first-order chi connectivity index (χ1) is 11.1. The summed E-state index contributed by atoms with van der Waals surface area (Å²) in [5, 5.41) is 3.40. The molecule has 0 fully saturated rings. The molecule has 0 radical (unpaired) electrons. The van der Waals surface area contributed by atoms with Gasteiger partial charge in [-0.1, -0.05) is 30.3 Å². The van der Waals surface area contributed by atoms with Gasteiger partial charge >= 0.3 is 5.97 Å². The van der Waals surface area contributed by atoms with Crippen molar-refractivity contribution in [2.75, 3.05) is 17.7 Å². The molecule has 4 heteroatoms. The van der Waals surface area contributed by atoms with Crippen LogP contribution in [0.25, 0.3) is 0 Å². The average molecular weight is 312 g/mol. The molecule has 0 aliphatic heterocycles. The smallest absolute Gasteiger partial charge is 0.338 e. The van der Waals surface area contributed by atoms with Crippen molar-refractivity contribution in [3.8, 4) is 0 Å². The van der Waals surface area contributed by atoms with E-state index >= 15 is 0 Å². The lowest BCUT2D eigenvalue weighted by molar-refractivity contribution is 0.0526. The van der Waals surface area contributed by atoms with E-state index in [9.17, 15) is 4.79 Å². The van der Waals surface area contributed by atoms with Gasteiger partial charge in [0.15, 0.2) is 0 Å². The van der Waals surface area contributed by atoms with Gasteiger partial charge in [-0.2, -0.15) is 0 Å². The summed E-state index contributed by atoms with van der Waals surface area (Å²) in [6, 6.07) is 15.9. The van der Waals surface area contributed by atoms with E-state index in [4.69, 9.17) is 10.5 Å². The van der Waals surface area contributed by atoms with Crippen LogP contribution in [0.4, 0.5) is 11.4 Å². The van der Waals surface area contributed by atoms with Crippen LogP contribution in [-0.2, 0) is 11.2 Å². The minimum atomic E-state index is -0.345. The summed E-state index contributed by atoms with van der Waals surface area (Å²) in [5.74, 6) is -0.345. The molecule has 2 aromatic rings. The number of carbonyl (C=O) groups is 1. The van der Waals surface area contributed by atoms with E-state index in [1.165, 1.54) is 5.56 Å². The summed E-state index contributed by atoms with van der Waals surface area (Å²) in [6.45, 7) is 4.27. The maximum absolute atomic E-state index is 11.7. The van der Waals surface area contributed by atoms with Gasteiger partial charge in [0.1, 0.15) is 0 Å². The summed E-state index contributed by atoms with van der Waals surface area (Å²) < 4.78 is 4.98. The van der Waals surface area contributed by atoms with Crippen molar-refractivity contribution in [3.05, 3.63) is 59.7 Å². The van der Waals surface area contributed by atoms with Gasteiger partial charge in [-0.25, -0.2) is 4.79 Å². The average Bonchev–Trinajstić information content (AvgIpc) is 2.56. The minimum absolute atomic E-state index is 0.283. The molecule has 23 heavy (non-hydrogen) atoms. The summed E-state index contributed by atoms with van der Waals surface area (Å²) >= 11 is 0. The number of nitrogens with one attached hydrogen (secondary N) is 1. The number of anilines is 2. The van der Waals surface area contributed by atoms with Crippen LogP contribution in [0.1, 0.15) is 36.2 Å². The second-order valence-electron chi connectivity index (χ2n) is 5.59. The van der Waals surface area contributed by atoms with Crippen molar-refractivity contribution in [2.24, 2.45) is 0 Å². The highest BCUT2D eigenvalue weighted by molar-refractivity contribution is 5.91. The molecule has 0 saturated carbocycles. The van der Waals surface area contributed by atoms with Gasteiger partial charge in [-0.15, -0.1) is 0 Å². The first kappa shape index (κ1) is 16.9.